The molecule has 5 heteroatoms. The van der Waals surface area contributed by atoms with Crippen molar-refractivity contribution >= 4 is 5.91 Å². The fourth-order valence-corrected chi connectivity index (χ4v) is 1.78. The van der Waals surface area contributed by atoms with Gasteiger partial charge >= 0.3 is 0 Å². The van der Waals surface area contributed by atoms with Gasteiger partial charge in [0.25, 0.3) is 0 Å². The van der Waals surface area contributed by atoms with Gasteiger partial charge in [-0.1, -0.05) is 12.1 Å². The minimum absolute atomic E-state index is 0.0371. The molecule has 0 aliphatic heterocycles. The highest BCUT2D eigenvalue weighted by molar-refractivity contribution is 5.75. The van der Waals surface area contributed by atoms with Crippen molar-refractivity contribution in [3.8, 4) is 5.75 Å². The summed E-state index contributed by atoms with van der Waals surface area (Å²) in [5.41, 5.74) is 3.11. The second-order valence-corrected chi connectivity index (χ2v) is 4.73. The van der Waals surface area contributed by atoms with Gasteiger partial charge in [-0.3, -0.25) is 9.89 Å². The molecule has 2 N–H and O–H groups in total. The number of hydrogen-bond donors (Lipinski definition) is 2. The molecule has 20 heavy (non-hydrogen) atoms. The molecule has 1 heterocycles. The molecule has 0 fully saturated rings. The molecule has 0 aliphatic carbocycles. The number of carbonyl (C=O) groups is 1. The first kappa shape index (κ1) is 14.1. The van der Waals surface area contributed by atoms with E-state index in [1.54, 1.807) is 6.20 Å². The summed E-state index contributed by atoms with van der Waals surface area (Å²) in [6.45, 7) is 4.85. The van der Waals surface area contributed by atoms with Gasteiger partial charge in [-0.2, -0.15) is 5.10 Å². The molecule has 0 spiro atoms. The van der Waals surface area contributed by atoms with Crippen molar-refractivity contribution in [2.45, 2.75) is 26.8 Å². The average molecular weight is 273 g/mol. The van der Waals surface area contributed by atoms with E-state index >= 15 is 0 Å². The first-order chi connectivity index (χ1) is 9.65. The molecule has 1 aromatic carbocycles. The molecule has 0 saturated carbocycles. The molecule has 0 aliphatic rings. The molecule has 0 radical (unpaired) electrons. The van der Waals surface area contributed by atoms with Gasteiger partial charge in [-0.15, -0.1) is 0 Å². The molecular weight excluding hydrogens is 254 g/mol. The second kappa shape index (κ2) is 6.75. The zero-order chi connectivity index (χ0) is 14.4. The molecule has 106 valence electrons. The van der Waals surface area contributed by atoms with Gasteiger partial charge in [0, 0.05) is 6.20 Å². The summed E-state index contributed by atoms with van der Waals surface area (Å²) in [6.07, 6.45) is 1.99. The molecule has 0 saturated heterocycles. The maximum absolute atomic E-state index is 11.7. The van der Waals surface area contributed by atoms with Gasteiger partial charge in [0.15, 0.2) is 0 Å². The van der Waals surface area contributed by atoms with Crippen LogP contribution < -0.4 is 10.1 Å². The van der Waals surface area contributed by atoms with Crippen LogP contribution in [0.3, 0.4) is 0 Å². The number of nitrogens with one attached hydrogen (secondary N) is 2. The number of H-pyrrole nitrogens is 1. The Hall–Kier alpha value is -2.30. The van der Waals surface area contributed by atoms with Crippen LogP contribution >= 0.6 is 0 Å². The topological polar surface area (TPSA) is 67.0 Å². The zero-order valence-electron chi connectivity index (χ0n) is 11.8. The lowest BCUT2D eigenvalue weighted by Crippen LogP contribution is -2.24. The number of ether oxygens (including phenoxy) is 1. The number of benzene rings is 1. The minimum atomic E-state index is -0.0371. The quantitative estimate of drug-likeness (QED) is 0.847. The predicted molar refractivity (Wildman–Crippen MR) is 76.5 cm³/mol. The van der Waals surface area contributed by atoms with Gasteiger partial charge in [-0.05, 0) is 37.1 Å². The maximum Gasteiger partial charge on any atom is 0.223 e. The third-order valence-corrected chi connectivity index (χ3v) is 2.96. The summed E-state index contributed by atoms with van der Waals surface area (Å²) in [6, 6.07) is 7.87. The Morgan fingerprint density at radius 3 is 2.95 bits per heavy atom. The first-order valence-electron chi connectivity index (χ1n) is 6.60. The number of hydrogen-bond acceptors (Lipinski definition) is 3. The van der Waals surface area contributed by atoms with Crippen LogP contribution in [0, 0.1) is 13.8 Å². The molecule has 0 bridgehead atoms. The molecule has 0 unspecified atom stereocenters. The van der Waals surface area contributed by atoms with E-state index < -0.39 is 0 Å². The highest BCUT2D eigenvalue weighted by Crippen LogP contribution is 2.19. The maximum atomic E-state index is 11.7. The normalized spacial score (nSPS) is 10.3. The molecular formula is C15H19N3O2. The lowest BCUT2D eigenvalue weighted by Gasteiger charge is -2.10. The van der Waals surface area contributed by atoms with Crippen LogP contribution in [0.4, 0.5) is 0 Å². The first-order valence-corrected chi connectivity index (χ1v) is 6.60. The van der Waals surface area contributed by atoms with Gasteiger partial charge in [0.1, 0.15) is 5.75 Å². The lowest BCUT2D eigenvalue weighted by molar-refractivity contribution is -0.121. The van der Waals surface area contributed by atoms with Gasteiger partial charge in [0.05, 0.1) is 25.3 Å². The van der Waals surface area contributed by atoms with Crippen LogP contribution in [-0.4, -0.2) is 22.7 Å². The van der Waals surface area contributed by atoms with Crippen molar-refractivity contribution in [1.82, 2.24) is 15.5 Å². The Morgan fingerprint density at radius 1 is 1.35 bits per heavy atom. The number of amides is 1. The number of aromatic nitrogens is 2. The second-order valence-electron chi connectivity index (χ2n) is 4.73. The Labute approximate surface area is 118 Å². The van der Waals surface area contributed by atoms with E-state index in [0.717, 1.165) is 22.6 Å². The monoisotopic (exact) mass is 273 g/mol. The van der Waals surface area contributed by atoms with Gasteiger partial charge in [0.2, 0.25) is 5.91 Å². The summed E-state index contributed by atoms with van der Waals surface area (Å²) in [5, 5.41) is 9.42. The standard InChI is InChI=1S/C15H19N3O2/c1-11-3-4-12(2)14(9-11)20-8-6-15(19)16-10-13-5-7-17-18-13/h3-5,7,9H,6,8,10H2,1-2H3,(H,16,19)(H,17,18). The Balaban J connectivity index is 1.72. The number of aromatic amines is 1. The third kappa shape index (κ3) is 4.12. The number of nitrogens with zero attached hydrogens (tertiary/aromatic N) is 1. The SMILES string of the molecule is Cc1ccc(C)c(OCCC(=O)NCc2ccn[nH]2)c1. The number of rotatable bonds is 6. The summed E-state index contributed by atoms with van der Waals surface area (Å²) >= 11 is 0. The van der Waals surface area contributed by atoms with E-state index in [2.05, 4.69) is 15.5 Å². The highest BCUT2D eigenvalue weighted by Gasteiger charge is 2.04. The summed E-state index contributed by atoms with van der Waals surface area (Å²) in [7, 11) is 0. The van der Waals surface area contributed by atoms with Crippen LogP contribution in [-0.2, 0) is 11.3 Å². The van der Waals surface area contributed by atoms with E-state index in [9.17, 15) is 4.79 Å². The zero-order valence-corrected chi connectivity index (χ0v) is 11.8. The molecule has 5 nitrogen and oxygen atoms in total. The predicted octanol–water partition coefficient (Wildman–Crippen LogP) is 2.11. The molecule has 2 aromatic rings. The molecule has 2 rings (SSSR count). The third-order valence-electron chi connectivity index (χ3n) is 2.96. The average Bonchev–Trinajstić information content (AvgIpc) is 2.93. The van der Waals surface area contributed by atoms with E-state index in [4.69, 9.17) is 4.74 Å². The van der Waals surface area contributed by atoms with E-state index in [1.165, 1.54) is 0 Å². The van der Waals surface area contributed by atoms with Crippen molar-refractivity contribution in [2.75, 3.05) is 6.61 Å². The fourth-order valence-electron chi connectivity index (χ4n) is 1.78. The van der Waals surface area contributed by atoms with Crippen molar-refractivity contribution in [2.24, 2.45) is 0 Å². The van der Waals surface area contributed by atoms with Gasteiger partial charge < -0.3 is 10.1 Å². The van der Waals surface area contributed by atoms with Gasteiger partial charge in [-0.25, -0.2) is 0 Å². The van der Waals surface area contributed by atoms with E-state index in [0.29, 0.717) is 19.6 Å². The smallest absolute Gasteiger partial charge is 0.223 e. The van der Waals surface area contributed by atoms with Crippen LogP contribution in [0.15, 0.2) is 30.5 Å². The van der Waals surface area contributed by atoms with Crippen LogP contribution in [0.1, 0.15) is 23.2 Å². The summed E-state index contributed by atoms with van der Waals surface area (Å²) < 4.78 is 5.64. The summed E-state index contributed by atoms with van der Waals surface area (Å²) in [5.74, 6) is 0.802. The van der Waals surface area contributed by atoms with E-state index in [-0.39, 0.29) is 5.91 Å². The van der Waals surface area contributed by atoms with Crippen LogP contribution in [0.25, 0.3) is 0 Å². The lowest BCUT2D eigenvalue weighted by atomic mass is 10.1. The molecule has 1 amide bonds. The van der Waals surface area contributed by atoms with Crippen molar-refractivity contribution < 1.29 is 9.53 Å². The van der Waals surface area contributed by atoms with Crippen LogP contribution in [0.2, 0.25) is 0 Å². The minimum Gasteiger partial charge on any atom is -0.493 e. The van der Waals surface area contributed by atoms with Crippen molar-refractivity contribution in [1.29, 1.82) is 0 Å². The number of aryl methyl sites for hydroxylation is 2. The Bertz CT molecular complexity index is 565. The highest BCUT2D eigenvalue weighted by atomic mass is 16.5. The van der Waals surface area contributed by atoms with Crippen molar-refractivity contribution in [3.63, 3.8) is 0 Å². The van der Waals surface area contributed by atoms with E-state index in [1.807, 2.05) is 38.1 Å². The molecule has 0 atom stereocenters. The summed E-state index contributed by atoms with van der Waals surface area (Å²) in [4.78, 5) is 11.7. The van der Waals surface area contributed by atoms with Crippen LogP contribution in [0.5, 0.6) is 5.75 Å². The number of carbonyl (C=O) groups excluding carboxylic acids is 1. The Kier molecular flexibility index (Phi) is 4.76. The van der Waals surface area contributed by atoms with Crippen molar-refractivity contribution in [3.05, 3.63) is 47.3 Å². The Morgan fingerprint density at radius 2 is 2.20 bits per heavy atom. The molecule has 1 aromatic heterocycles. The fraction of sp³-hybridized carbons (Fsp3) is 0.333. The largest absolute Gasteiger partial charge is 0.493 e.